The van der Waals surface area contributed by atoms with E-state index in [0.717, 1.165) is 16.8 Å². The molecular formula is C16H17NO. The number of hydrogen-bond donors (Lipinski definition) is 0. The molecule has 2 rings (SSSR count). The molecule has 2 nitrogen and oxygen atoms in total. The largest absolute Gasteiger partial charge is 0.294 e. The summed E-state index contributed by atoms with van der Waals surface area (Å²) in [5, 5.41) is 0. The molecule has 1 aromatic heterocycles. The van der Waals surface area contributed by atoms with Crippen LogP contribution in [0.15, 0.2) is 48.7 Å². The normalized spacial score (nSPS) is 11.3. The van der Waals surface area contributed by atoms with E-state index in [1.807, 2.05) is 57.2 Å². The van der Waals surface area contributed by atoms with E-state index in [1.54, 1.807) is 12.3 Å². The van der Waals surface area contributed by atoms with Crippen molar-refractivity contribution in [1.29, 1.82) is 0 Å². The van der Waals surface area contributed by atoms with E-state index in [0.29, 0.717) is 0 Å². The lowest BCUT2D eigenvalue weighted by molar-refractivity contribution is 0.0858. The summed E-state index contributed by atoms with van der Waals surface area (Å²) in [5.41, 5.74) is 2.22. The third kappa shape index (κ3) is 2.65. The Labute approximate surface area is 108 Å². The first-order valence-electron chi connectivity index (χ1n) is 6.05. The van der Waals surface area contributed by atoms with Gasteiger partial charge in [-0.05, 0) is 12.1 Å². The van der Waals surface area contributed by atoms with Gasteiger partial charge in [-0.25, -0.2) is 0 Å². The maximum atomic E-state index is 12.2. The molecule has 18 heavy (non-hydrogen) atoms. The molecule has 0 saturated carbocycles. The zero-order valence-corrected chi connectivity index (χ0v) is 11.0. The van der Waals surface area contributed by atoms with E-state index in [4.69, 9.17) is 0 Å². The summed E-state index contributed by atoms with van der Waals surface area (Å²) in [4.78, 5) is 16.5. The van der Waals surface area contributed by atoms with Crippen LogP contribution >= 0.6 is 0 Å². The van der Waals surface area contributed by atoms with Gasteiger partial charge in [0.15, 0.2) is 5.78 Å². The molecule has 0 bridgehead atoms. The molecule has 0 aliphatic carbocycles. The Morgan fingerprint density at radius 1 is 1.06 bits per heavy atom. The van der Waals surface area contributed by atoms with E-state index in [1.165, 1.54) is 0 Å². The van der Waals surface area contributed by atoms with Crippen LogP contribution in [0.2, 0.25) is 0 Å². The summed E-state index contributed by atoms with van der Waals surface area (Å²) in [6.45, 7) is 5.79. The van der Waals surface area contributed by atoms with Crippen molar-refractivity contribution in [3.8, 4) is 11.3 Å². The number of nitrogens with zero attached hydrogens (tertiary/aromatic N) is 1. The predicted octanol–water partition coefficient (Wildman–Crippen LogP) is 3.98. The van der Waals surface area contributed by atoms with Crippen LogP contribution in [0.5, 0.6) is 0 Å². The van der Waals surface area contributed by atoms with E-state index in [2.05, 4.69) is 4.98 Å². The second-order valence-corrected chi connectivity index (χ2v) is 5.37. The minimum atomic E-state index is -0.366. The highest BCUT2D eigenvalue weighted by Crippen LogP contribution is 2.23. The topological polar surface area (TPSA) is 30.0 Å². The number of pyridine rings is 1. The molecule has 0 atom stereocenters. The fraction of sp³-hybridized carbons (Fsp3) is 0.250. The van der Waals surface area contributed by atoms with Gasteiger partial charge >= 0.3 is 0 Å². The average Bonchev–Trinajstić information content (AvgIpc) is 2.38. The molecule has 1 heterocycles. The van der Waals surface area contributed by atoms with Crippen molar-refractivity contribution in [3.05, 3.63) is 54.2 Å². The van der Waals surface area contributed by atoms with Gasteiger partial charge in [-0.15, -0.1) is 0 Å². The maximum absolute atomic E-state index is 12.2. The molecule has 0 N–H and O–H groups in total. The Morgan fingerprint density at radius 2 is 1.72 bits per heavy atom. The van der Waals surface area contributed by atoms with Gasteiger partial charge in [0.25, 0.3) is 0 Å². The van der Waals surface area contributed by atoms with E-state index < -0.39 is 0 Å². The monoisotopic (exact) mass is 239 g/mol. The number of aromatic nitrogens is 1. The van der Waals surface area contributed by atoms with Crippen molar-refractivity contribution >= 4 is 5.78 Å². The number of Topliss-reactive ketones (excluding diaryl/α,β-unsaturated/α-hetero) is 1. The summed E-state index contributed by atoms with van der Waals surface area (Å²) < 4.78 is 0. The van der Waals surface area contributed by atoms with Gasteiger partial charge in [-0.3, -0.25) is 9.78 Å². The Bertz CT molecular complexity index is 553. The summed E-state index contributed by atoms with van der Waals surface area (Å²) in [7, 11) is 0. The SMILES string of the molecule is CC(C)(C)C(=O)c1ccnc(-c2ccccc2)c1. The Hall–Kier alpha value is -1.96. The Balaban J connectivity index is 2.41. The maximum Gasteiger partial charge on any atom is 0.168 e. The fourth-order valence-corrected chi connectivity index (χ4v) is 1.77. The minimum Gasteiger partial charge on any atom is -0.294 e. The van der Waals surface area contributed by atoms with Gasteiger partial charge in [0.2, 0.25) is 0 Å². The first-order chi connectivity index (χ1) is 8.48. The summed E-state index contributed by atoms with van der Waals surface area (Å²) >= 11 is 0. The van der Waals surface area contributed by atoms with Crippen LogP contribution in [0.25, 0.3) is 11.3 Å². The smallest absolute Gasteiger partial charge is 0.168 e. The average molecular weight is 239 g/mol. The summed E-state index contributed by atoms with van der Waals surface area (Å²) in [6.07, 6.45) is 1.70. The van der Waals surface area contributed by atoms with Crippen LogP contribution in [0.1, 0.15) is 31.1 Å². The van der Waals surface area contributed by atoms with Gasteiger partial charge < -0.3 is 0 Å². The molecule has 92 valence electrons. The molecule has 0 aliphatic rings. The second-order valence-electron chi connectivity index (χ2n) is 5.37. The zero-order valence-electron chi connectivity index (χ0n) is 11.0. The van der Waals surface area contributed by atoms with Gasteiger partial charge in [0.05, 0.1) is 5.69 Å². The van der Waals surface area contributed by atoms with Crippen LogP contribution in [-0.4, -0.2) is 10.8 Å². The quantitative estimate of drug-likeness (QED) is 0.742. The third-order valence-corrected chi connectivity index (χ3v) is 2.77. The van der Waals surface area contributed by atoms with Crippen molar-refractivity contribution in [2.75, 3.05) is 0 Å². The van der Waals surface area contributed by atoms with Crippen molar-refractivity contribution < 1.29 is 4.79 Å². The van der Waals surface area contributed by atoms with Crippen LogP contribution in [-0.2, 0) is 0 Å². The summed E-state index contributed by atoms with van der Waals surface area (Å²) in [6, 6.07) is 13.5. The Kier molecular flexibility index (Phi) is 3.28. The molecule has 2 heteroatoms. The summed E-state index contributed by atoms with van der Waals surface area (Å²) in [5.74, 6) is 0.141. The van der Waals surface area contributed by atoms with Gasteiger partial charge in [-0.1, -0.05) is 51.1 Å². The second kappa shape index (κ2) is 4.73. The first-order valence-corrected chi connectivity index (χ1v) is 6.05. The number of carbonyl (C=O) groups excluding carboxylic acids is 1. The van der Waals surface area contributed by atoms with Crippen LogP contribution < -0.4 is 0 Å². The molecule has 0 unspecified atom stereocenters. The van der Waals surface area contributed by atoms with Crippen molar-refractivity contribution in [2.24, 2.45) is 5.41 Å². The van der Waals surface area contributed by atoms with Crippen molar-refractivity contribution in [1.82, 2.24) is 4.98 Å². The molecule has 0 amide bonds. The van der Waals surface area contributed by atoms with Gasteiger partial charge in [0.1, 0.15) is 0 Å². The molecule has 0 aliphatic heterocycles. The molecule has 2 aromatic rings. The first kappa shape index (κ1) is 12.5. The van der Waals surface area contributed by atoms with Gasteiger partial charge in [-0.2, -0.15) is 0 Å². The van der Waals surface area contributed by atoms with Crippen LogP contribution in [0.4, 0.5) is 0 Å². The van der Waals surface area contributed by atoms with Crippen LogP contribution in [0.3, 0.4) is 0 Å². The lowest BCUT2D eigenvalue weighted by atomic mass is 9.86. The highest BCUT2D eigenvalue weighted by Gasteiger charge is 2.23. The highest BCUT2D eigenvalue weighted by atomic mass is 16.1. The zero-order chi connectivity index (χ0) is 13.2. The number of rotatable bonds is 2. The van der Waals surface area contributed by atoms with Gasteiger partial charge in [0, 0.05) is 22.7 Å². The standard InChI is InChI=1S/C16H17NO/c1-16(2,3)15(18)13-9-10-17-14(11-13)12-7-5-4-6-8-12/h4-11H,1-3H3. The molecular weight excluding hydrogens is 222 g/mol. The van der Waals surface area contributed by atoms with E-state index in [9.17, 15) is 4.79 Å². The van der Waals surface area contributed by atoms with E-state index >= 15 is 0 Å². The van der Waals surface area contributed by atoms with Crippen molar-refractivity contribution in [2.45, 2.75) is 20.8 Å². The fourth-order valence-electron chi connectivity index (χ4n) is 1.77. The number of ketones is 1. The van der Waals surface area contributed by atoms with Crippen molar-refractivity contribution in [3.63, 3.8) is 0 Å². The molecule has 1 aromatic carbocycles. The third-order valence-electron chi connectivity index (χ3n) is 2.77. The molecule has 0 spiro atoms. The number of carbonyl (C=O) groups is 1. The molecule has 0 fully saturated rings. The number of hydrogen-bond acceptors (Lipinski definition) is 2. The number of benzene rings is 1. The Morgan fingerprint density at radius 3 is 2.33 bits per heavy atom. The highest BCUT2D eigenvalue weighted by molar-refractivity contribution is 6.00. The van der Waals surface area contributed by atoms with E-state index in [-0.39, 0.29) is 11.2 Å². The minimum absolute atomic E-state index is 0.141. The molecule has 0 radical (unpaired) electrons. The lowest BCUT2D eigenvalue weighted by Gasteiger charge is -2.16. The molecule has 0 saturated heterocycles. The van der Waals surface area contributed by atoms with Crippen LogP contribution in [0, 0.1) is 5.41 Å². The lowest BCUT2D eigenvalue weighted by Crippen LogP contribution is -2.20. The predicted molar refractivity (Wildman–Crippen MR) is 73.5 cm³/mol.